The van der Waals surface area contributed by atoms with Crippen LogP contribution in [0.5, 0.6) is 0 Å². The fraction of sp³-hybridized carbons (Fsp3) is 0.538. The quantitative estimate of drug-likeness (QED) is 0.831. The van der Waals surface area contributed by atoms with Gasteiger partial charge in [0.05, 0.1) is 0 Å². The second-order valence-electron chi connectivity index (χ2n) is 4.62. The summed E-state index contributed by atoms with van der Waals surface area (Å²) < 4.78 is 13.2. The molecular formula is C13H19FN2. The fourth-order valence-electron chi connectivity index (χ4n) is 2.72. The first-order valence-electron chi connectivity index (χ1n) is 5.88. The molecule has 1 aliphatic heterocycles. The number of benzene rings is 1. The van der Waals surface area contributed by atoms with Crippen LogP contribution in [0.25, 0.3) is 0 Å². The van der Waals surface area contributed by atoms with Gasteiger partial charge >= 0.3 is 0 Å². The lowest BCUT2D eigenvalue weighted by molar-refractivity contribution is 0.125. The van der Waals surface area contributed by atoms with Gasteiger partial charge in [0.15, 0.2) is 0 Å². The molecule has 2 atom stereocenters. The van der Waals surface area contributed by atoms with Crippen LogP contribution in [0.15, 0.2) is 24.3 Å². The van der Waals surface area contributed by atoms with Gasteiger partial charge in [-0.25, -0.2) is 4.39 Å². The summed E-state index contributed by atoms with van der Waals surface area (Å²) in [7, 11) is 2.09. The van der Waals surface area contributed by atoms with Gasteiger partial charge in [-0.3, -0.25) is 4.90 Å². The third-order valence-corrected chi connectivity index (χ3v) is 3.50. The Morgan fingerprint density at radius 3 is 3.00 bits per heavy atom. The molecule has 2 unspecified atom stereocenters. The lowest BCUT2D eigenvalue weighted by Crippen LogP contribution is -2.39. The molecule has 0 amide bonds. The Bertz CT molecular complexity index is 354. The van der Waals surface area contributed by atoms with Crippen LogP contribution < -0.4 is 5.73 Å². The summed E-state index contributed by atoms with van der Waals surface area (Å²) in [5.41, 5.74) is 6.86. The predicted molar refractivity (Wildman–Crippen MR) is 63.5 cm³/mol. The lowest BCUT2D eigenvalue weighted by atomic mass is 9.85. The summed E-state index contributed by atoms with van der Waals surface area (Å²) in [5, 5.41) is 0. The first-order chi connectivity index (χ1) is 7.72. The van der Waals surface area contributed by atoms with Crippen LogP contribution in [0.4, 0.5) is 4.39 Å². The van der Waals surface area contributed by atoms with Crippen molar-refractivity contribution < 1.29 is 4.39 Å². The molecule has 3 heteroatoms. The van der Waals surface area contributed by atoms with Crippen molar-refractivity contribution in [1.29, 1.82) is 0 Å². The van der Waals surface area contributed by atoms with Gasteiger partial charge in [-0.05, 0) is 56.6 Å². The van der Waals surface area contributed by atoms with E-state index in [-0.39, 0.29) is 11.9 Å². The maximum absolute atomic E-state index is 13.2. The maximum atomic E-state index is 13.2. The molecular weight excluding hydrogens is 203 g/mol. The van der Waals surface area contributed by atoms with E-state index in [0.717, 1.165) is 18.5 Å². The zero-order chi connectivity index (χ0) is 11.5. The molecule has 1 fully saturated rings. The van der Waals surface area contributed by atoms with Crippen LogP contribution in [0, 0.1) is 11.7 Å². The summed E-state index contributed by atoms with van der Waals surface area (Å²) in [6, 6.07) is 7.17. The first kappa shape index (κ1) is 11.6. The molecule has 16 heavy (non-hydrogen) atoms. The highest BCUT2D eigenvalue weighted by Crippen LogP contribution is 2.34. The van der Waals surface area contributed by atoms with Crippen molar-refractivity contribution in [3.05, 3.63) is 35.6 Å². The highest BCUT2D eigenvalue weighted by atomic mass is 19.1. The standard InChI is InChI=1S/C13H19FN2/c1-16-7-3-5-11(9-15)13(16)10-4-2-6-12(14)8-10/h2,4,6,8,11,13H,3,5,7,9,15H2,1H3. The molecule has 1 aliphatic rings. The van der Waals surface area contributed by atoms with Crippen LogP contribution in [0.1, 0.15) is 24.4 Å². The number of nitrogens with zero attached hydrogens (tertiary/aromatic N) is 1. The van der Waals surface area contributed by atoms with Gasteiger partial charge in [0.1, 0.15) is 5.82 Å². The van der Waals surface area contributed by atoms with Crippen molar-refractivity contribution >= 4 is 0 Å². The molecule has 1 aromatic rings. The van der Waals surface area contributed by atoms with E-state index in [9.17, 15) is 4.39 Å². The average Bonchev–Trinajstić information content (AvgIpc) is 2.28. The normalized spacial score (nSPS) is 26.9. The summed E-state index contributed by atoms with van der Waals surface area (Å²) >= 11 is 0. The van der Waals surface area contributed by atoms with Gasteiger partial charge in [-0.2, -0.15) is 0 Å². The molecule has 1 aromatic carbocycles. The van der Waals surface area contributed by atoms with E-state index < -0.39 is 0 Å². The molecule has 1 saturated heterocycles. The second-order valence-corrected chi connectivity index (χ2v) is 4.62. The SMILES string of the molecule is CN1CCCC(CN)C1c1cccc(F)c1. The van der Waals surface area contributed by atoms with Gasteiger partial charge in [0.25, 0.3) is 0 Å². The number of likely N-dealkylation sites (tertiary alicyclic amines) is 1. The van der Waals surface area contributed by atoms with Crippen molar-refractivity contribution in [1.82, 2.24) is 4.90 Å². The smallest absolute Gasteiger partial charge is 0.123 e. The Morgan fingerprint density at radius 2 is 2.31 bits per heavy atom. The molecule has 0 saturated carbocycles. The minimum absolute atomic E-state index is 0.160. The average molecular weight is 222 g/mol. The van der Waals surface area contributed by atoms with E-state index in [1.807, 2.05) is 6.07 Å². The van der Waals surface area contributed by atoms with Crippen LogP contribution in [-0.4, -0.2) is 25.0 Å². The topological polar surface area (TPSA) is 29.3 Å². The van der Waals surface area contributed by atoms with Gasteiger partial charge in [0.2, 0.25) is 0 Å². The molecule has 0 bridgehead atoms. The third kappa shape index (κ3) is 2.25. The first-order valence-corrected chi connectivity index (χ1v) is 5.88. The maximum Gasteiger partial charge on any atom is 0.123 e. The van der Waals surface area contributed by atoms with Crippen molar-refractivity contribution in [3.63, 3.8) is 0 Å². The molecule has 2 N–H and O–H groups in total. The van der Waals surface area contributed by atoms with Crippen molar-refractivity contribution in [3.8, 4) is 0 Å². The Morgan fingerprint density at radius 1 is 1.50 bits per heavy atom. The predicted octanol–water partition coefficient (Wildman–Crippen LogP) is 2.17. The van der Waals surface area contributed by atoms with E-state index in [1.54, 1.807) is 12.1 Å². The van der Waals surface area contributed by atoms with Gasteiger partial charge < -0.3 is 5.73 Å². The summed E-state index contributed by atoms with van der Waals surface area (Å²) in [4.78, 5) is 2.29. The molecule has 2 nitrogen and oxygen atoms in total. The van der Waals surface area contributed by atoms with Crippen molar-refractivity contribution in [2.24, 2.45) is 11.7 Å². The molecule has 2 rings (SSSR count). The molecule has 1 heterocycles. The minimum atomic E-state index is -0.160. The summed E-state index contributed by atoms with van der Waals surface area (Å²) in [6.07, 6.45) is 2.33. The summed E-state index contributed by atoms with van der Waals surface area (Å²) in [6.45, 7) is 1.74. The zero-order valence-electron chi connectivity index (χ0n) is 9.70. The van der Waals surface area contributed by atoms with Crippen LogP contribution >= 0.6 is 0 Å². The monoisotopic (exact) mass is 222 g/mol. The van der Waals surface area contributed by atoms with Gasteiger partial charge in [0, 0.05) is 6.04 Å². The van der Waals surface area contributed by atoms with E-state index in [4.69, 9.17) is 5.73 Å². The molecule has 0 aromatic heterocycles. The van der Waals surface area contributed by atoms with E-state index >= 15 is 0 Å². The van der Waals surface area contributed by atoms with Gasteiger partial charge in [-0.15, -0.1) is 0 Å². The number of hydrogen-bond acceptors (Lipinski definition) is 2. The lowest BCUT2D eigenvalue weighted by Gasteiger charge is -2.39. The number of piperidine rings is 1. The van der Waals surface area contributed by atoms with Gasteiger partial charge in [-0.1, -0.05) is 12.1 Å². The third-order valence-electron chi connectivity index (χ3n) is 3.50. The highest BCUT2D eigenvalue weighted by Gasteiger charge is 2.29. The molecule has 88 valence electrons. The van der Waals surface area contributed by atoms with Crippen LogP contribution in [-0.2, 0) is 0 Å². The Balaban J connectivity index is 2.28. The minimum Gasteiger partial charge on any atom is -0.330 e. The fourth-order valence-corrected chi connectivity index (χ4v) is 2.72. The second kappa shape index (κ2) is 4.93. The van der Waals surface area contributed by atoms with E-state index in [2.05, 4.69) is 11.9 Å². The number of halogens is 1. The highest BCUT2D eigenvalue weighted by molar-refractivity contribution is 5.21. The Hall–Kier alpha value is -0.930. The molecule has 0 spiro atoms. The van der Waals surface area contributed by atoms with E-state index in [1.165, 1.54) is 12.5 Å². The Labute approximate surface area is 96.2 Å². The number of nitrogens with two attached hydrogens (primary N) is 1. The Kier molecular flexibility index (Phi) is 3.56. The summed E-state index contributed by atoms with van der Waals surface area (Å²) in [5.74, 6) is 0.285. The molecule has 0 aliphatic carbocycles. The van der Waals surface area contributed by atoms with Crippen LogP contribution in [0.2, 0.25) is 0 Å². The zero-order valence-corrected chi connectivity index (χ0v) is 9.70. The largest absolute Gasteiger partial charge is 0.330 e. The van der Waals surface area contributed by atoms with Crippen molar-refractivity contribution in [2.75, 3.05) is 20.1 Å². The molecule has 0 radical (unpaired) electrons. The van der Waals surface area contributed by atoms with E-state index in [0.29, 0.717) is 12.5 Å². The van der Waals surface area contributed by atoms with Crippen molar-refractivity contribution in [2.45, 2.75) is 18.9 Å². The number of rotatable bonds is 2. The van der Waals surface area contributed by atoms with Crippen LogP contribution in [0.3, 0.4) is 0 Å². The number of hydrogen-bond donors (Lipinski definition) is 1.